The van der Waals surface area contributed by atoms with Gasteiger partial charge < -0.3 is 9.13 Å². The van der Waals surface area contributed by atoms with Crippen LogP contribution in [0.1, 0.15) is 80.3 Å². The van der Waals surface area contributed by atoms with Crippen LogP contribution in [0.5, 0.6) is 0 Å². The van der Waals surface area contributed by atoms with Crippen molar-refractivity contribution in [2.75, 3.05) is 0 Å². The van der Waals surface area contributed by atoms with Gasteiger partial charge in [0.2, 0.25) is 0 Å². The van der Waals surface area contributed by atoms with Crippen LogP contribution in [-0.2, 0) is 10.8 Å². The quantitative estimate of drug-likeness (QED) is 0.156. The molecular formula is C71H52N2. The zero-order chi connectivity index (χ0) is 48.6. The van der Waals surface area contributed by atoms with Gasteiger partial charge in [0, 0.05) is 43.4 Å². The fourth-order valence-electron chi connectivity index (χ4n) is 14.6. The lowest BCUT2D eigenvalue weighted by Gasteiger charge is -2.31. The minimum Gasteiger partial charge on any atom is -0.309 e. The lowest BCUT2D eigenvalue weighted by atomic mass is 9.72. The highest BCUT2D eigenvalue weighted by Gasteiger charge is 2.47. The highest BCUT2D eigenvalue weighted by atomic mass is 15.0. The molecule has 2 nitrogen and oxygen atoms in total. The summed E-state index contributed by atoms with van der Waals surface area (Å²) in [6.07, 6.45) is 5.84. The van der Waals surface area contributed by atoms with E-state index in [1.54, 1.807) is 0 Å². The predicted molar refractivity (Wildman–Crippen MR) is 310 cm³/mol. The molecule has 0 radical (unpaired) electrons. The van der Waals surface area contributed by atoms with E-state index in [1.807, 2.05) is 0 Å². The van der Waals surface area contributed by atoms with E-state index in [2.05, 4.69) is 250 Å². The second-order valence-electron chi connectivity index (χ2n) is 22.4. The summed E-state index contributed by atoms with van der Waals surface area (Å²) in [6, 6.07) is 73.7. The van der Waals surface area contributed by atoms with Crippen LogP contribution < -0.4 is 0 Å². The van der Waals surface area contributed by atoms with E-state index < -0.39 is 0 Å². The molecule has 3 aliphatic carbocycles. The standard InChI is InChI=1S/C71H52N2/c1-41-18-17-27-50-45-21-9-10-22-46(45)54-39-59-55(38-58(54)66(41)50)52-32-33-53-67-51-26-12-11-23-47(51)65(40-60(67)71(4,5)69(53)68(52)70(59,2)3)73-62-29-16-14-25-49(62)57-37-43(31-35-64(57)73)42-30-34-63-56(36-42)48-24-13-15-28-61(48)72(63)44-19-7-6-8-20-44/h6-17,19-41H,18H2,1-5H3. The summed E-state index contributed by atoms with van der Waals surface area (Å²) in [6.45, 7) is 12.4. The molecule has 0 bridgehead atoms. The summed E-state index contributed by atoms with van der Waals surface area (Å²) in [7, 11) is 0. The number of rotatable bonds is 3. The largest absolute Gasteiger partial charge is 0.309 e. The van der Waals surface area contributed by atoms with E-state index in [0.717, 1.165) is 6.42 Å². The molecule has 2 heterocycles. The first kappa shape index (κ1) is 41.2. The molecule has 346 valence electrons. The molecular weight excluding hydrogens is 881 g/mol. The van der Waals surface area contributed by atoms with E-state index in [9.17, 15) is 0 Å². The number of hydrogen-bond acceptors (Lipinski definition) is 0. The van der Waals surface area contributed by atoms with Gasteiger partial charge in [0.05, 0.1) is 27.8 Å². The van der Waals surface area contributed by atoms with Crippen LogP contribution in [0, 0.1) is 0 Å². The minimum absolute atomic E-state index is 0.210. The van der Waals surface area contributed by atoms with Crippen LogP contribution in [0.2, 0.25) is 0 Å². The maximum atomic E-state index is 2.59. The van der Waals surface area contributed by atoms with Crippen molar-refractivity contribution in [1.82, 2.24) is 9.13 Å². The van der Waals surface area contributed by atoms with E-state index >= 15 is 0 Å². The van der Waals surface area contributed by atoms with Crippen LogP contribution in [-0.4, -0.2) is 9.13 Å². The first-order valence-electron chi connectivity index (χ1n) is 26.2. The van der Waals surface area contributed by atoms with Crippen LogP contribution in [0.4, 0.5) is 0 Å². The summed E-state index contributed by atoms with van der Waals surface area (Å²) in [5.41, 5.74) is 23.5. The van der Waals surface area contributed by atoms with E-state index in [4.69, 9.17) is 0 Å². The van der Waals surface area contributed by atoms with Crippen molar-refractivity contribution in [3.63, 3.8) is 0 Å². The molecule has 2 heteroatoms. The highest BCUT2D eigenvalue weighted by Crippen LogP contribution is 2.61. The summed E-state index contributed by atoms with van der Waals surface area (Å²) >= 11 is 0. The molecule has 73 heavy (non-hydrogen) atoms. The minimum atomic E-state index is -0.271. The van der Waals surface area contributed by atoms with Gasteiger partial charge in [-0.25, -0.2) is 0 Å². The van der Waals surface area contributed by atoms with Crippen LogP contribution in [0.15, 0.2) is 200 Å². The van der Waals surface area contributed by atoms with Crippen molar-refractivity contribution in [2.24, 2.45) is 0 Å². The van der Waals surface area contributed by atoms with E-state index in [0.29, 0.717) is 5.92 Å². The monoisotopic (exact) mass is 932 g/mol. The molecule has 1 unspecified atom stereocenters. The molecule has 0 N–H and O–H groups in total. The molecule has 16 rings (SSSR count). The molecule has 0 aliphatic heterocycles. The van der Waals surface area contributed by atoms with Gasteiger partial charge in [0.25, 0.3) is 0 Å². The Morgan fingerprint density at radius 2 is 0.945 bits per heavy atom. The summed E-state index contributed by atoms with van der Waals surface area (Å²) in [5.74, 6) is 0.460. The topological polar surface area (TPSA) is 9.86 Å². The predicted octanol–water partition coefficient (Wildman–Crippen LogP) is 19.1. The second kappa shape index (κ2) is 14.4. The third-order valence-corrected chi connectivity index (χ3v) is 17.8. The van der Waals surface area contributed by atoms with Gasteiger partial charge in [-0.1, -0.05) is 174 Å². The molecule has 11 aromatic carbocycles. The molecule has 3 aliphatic rings. The average Bonchev–Trinajstić information content (AvgIpc) is 4.08. The maximum Gasteiger partial charge on any atom is 0.0544 e. The average molecular weight is 933 g/mol. The van der Waals surface area contributed by atoms with Gasteiger partial charge in [0.15, 0.2) is 0 Å². The van der Waals surface area contributed by atoms with Crippen molar-refractivity contribution >= 4 is 82.0 Å². The third-order valence-electron chi connectivity index (χ3n) is 17.8. The zero-order valence-corrected chi connectivity index (χ0v) is 41.8. The van der Waals surface area contributed by atoms with Crippen molar-refractivity contribution in [1.29, 1.82) is 0 Å². The maximum absolute atomic E-state index is 2.59. The second-order valence-corrected chi connectivity index (χ2v) is 22.4. The van der Waals surface area contributed by atoms with Crippen molar-refractivity contribution in [3.05, 3.63) is 234 Å². The molecule has 13 aromatic rings. The Labute approximate surface area is 425 Å². The summed E-state index contributed by atoms with van der Waals surface area (Å²) < 4.78 is 4.95. The van der Waals surface area contributed by atoms with E-state index in [-0.39, 0.29) is 10.8 Å². The molecule has 0 saturated heterocycles. The van der Waals surface area contributed by atoms with Crippen molar-refractivity contribution in [2.45, 2.75) is 57.8 Å². The SMILES string of the molecule is CC1CC=Cc2c1c1cc3c(cc1c1ccccc21)C(C)(C)c1c-3ccc2c1C(C)(C)c1cc(-n3c4ccccc4c4cc(-c5ccc6c(c5)c5ccccc5n6-c5ccccc5)ccc43)c3ccccc3c1-2. The molecule has 0 fully saturated rings. The number of fused-ring (bicyclic) bond motifs is 21. The van der Waals surface area contributed by atoms with Gasteiger partial charge in [-0.05, 0) is 173 Å². The Bertz CT molecular complexity index is 4650. The van der Waals surface area contributed by atoms with E-state index in [1.165, 1.54) is 154 Å². The molecule has 1 atom stereocenters. The van der Waals surface area contributed by atoms with Crippen molar-refractivity contribution < 1.29 is 0 Å². The Morgan fingerprint density at radius 1 is 0.397 bits per heavy atom. The molecule has 2 aromatic heterocycles. The van der Waals surface area contributed by atoms with Gasteiger partial charge >= 0.3 is 0 Å². The van der Waals surface area contributed by atoms with Gasteiger partial charge in [0.1, 0.15) is 0 Å². The highest BCUT2D eigenvalue weighted by molar-refractivity contribution is 6.17. The van der Waals surface area contributed by atoms with Gasteiger partial charge in [-0.15, -0.1) is 0 Å². The Kier molecular flexibility index (Phi) is 8.10. The smallest absolute Gasteiger partial charge is 0.0544 e. The Morgan fingerprint density at radius 3 is 1.66 bits per heavy atom. The third kappa shape index (κ3) is 5.33. The number of allylic oxidation sites excluding steroid dienone is 1. The molecule has 0 saturated carbocycles. The van der Waals surface area contributed by atoms with Crippen molar-refractivity contribution in [3.8, 4) is 44.8 Å². The fourth-order valence-corrected chi connectivity index (χ4v) is 14.6. The normalized spacial score (nSPS) is 16.0. The lowest BCUT2D eigenvalue weighted by molar-refractivity contribution is 0.601. The van der Waals surface area contributed by atoms with Gasteiger partial charge in [-0.2, -0.15) is 0 Å². The lowest BCUT2D eigenvalue weighted by Crippen LogP contribution is -2.24. The zero-order valence-electron chi connectivity index (χ0n) is 41.8. The number of aromatic nitrogens is 2. The van der Waals surface area contributed by atoms with Crippen LogP contribution in [0.25, 0.3) is 127 Å². The Hall–Kier alpha value is -8.46. The number of hydrogen-bond donors (Lipinski definition) is 0. The summed E-state index contributed by atoms with van der Waals surface area (Å²) in [4.78, 5) is 0. The summed E-state index contributed by atoms with van der Waals surface area (Å²) in [5, 5.41) is 13.2. The molecule has 0 spiro atoms. The Balaban J connectivity index is 0.879. The van der Waals surface area contributed by atoms with Gasteiger partial charge in [-0.3, -0.25) is 0 Å². The number of benzene rings is 11. The molecule has 0 amide bonds. The first-order valence-corrected chi connectivity index (χ1v) is 26.2. The first-order chi connectivity index (χ1) is 35.7. The van der Waals surface area contributed by atoms with Crippen LogP contribution >= 0.6 is 0 Å². The van der Waals surface area contributed by atoms with Crippen LogP contribution in [0.3, 0.4) is 0 Å². The number of para-hydroxylation sites is 3. The fraction of sp³-hybridized carbons (Fsp3) is 0.127. The number of nitrogens with zero attached hydrogens (tertiary/aromatic N) is 2.